The van der Waals surface area contributed by atoms with Gasteiger partial charge in [0.1, 0.15) is 23.0 Å². The van der Waals surface area contributed by atoms with Gasteiger partial charge in [-0.2, -0.15) is 5.26 Å². The Morgan fingerprint density at radius 1 is 1.38 bits per heavy atom. The van der Waals surface area contributed by atoms with Crippen LogP contribution < -0.4 is 16.1 Å². The van der Waals surface area contributed by atoms with Gasteiger partial charge in [-0.15, -0.1) is 0 Å². The zero-order valence-electron chi connectivity index (χ0n) is 15.5. The van der Waals surface area contributed by atoms with E-state index in [9.17, 15) is 20.0 Å². The number of halogens is 1. The summed E-state index contributed by atoms with van der Waals surface area (Å²) in [5, 5.41) is 19.3. The second-order valence-corrected chi connectivity index (χ2v) is 7.99. The first kappa shape index (κ1) is 18.1. The van der Waals surface area contributed by atoms with Gasteiger partial charge in [0, 0.05) is 30.7 Å². The van der Waals surface area contributed by atoms with Crippen LogP contribution in [0.2, 0.25) is 0 Å². The van der Waals surface area contributed by atoms with E-state index in [4.69, 9.17) is 10.5 Å². The number of carbonyl (C=O) groups is 1. The third kappa shape index (κ3) is 2.56. The number of rotatable bonds is 3. The summed E-state index contributed by atoms with van der Waals surface area (Å²) >= 11 is 0. The molecule has 1 aliphatic carbocycles. The monoisotopic (exact) mass is 398 g/mol. The van der Waals surface area contributed by atoms with E-state index in [1.165, 1.54) is 6.20 Å². The molecule has 0 radical (unpaired) electrons. The number of benzene rings is 1. The molecule has 8 nitrogen and oxygen atoms in total. The van der Waals surface area contributed by atoms with Gasteiger partial charge in [-0.05, 0) is 18.9 Å². The third-order valence-electron chi connectivity index (χ3n) is 6.26. The van der Waals surface area contributed by atoms with E-state index in [1.54, 1.807) is 9.47 Å². The molecule has 5 rings (SSSR count). The summed E-state index contributed by atoms with van der Waals surface area (Å²) in [6.45, 7) is 1.28. The summed E-state index contributed by atoms with van der Waals surface area (Å²) < 4.78 is 22.5. The molecular formula is C20H19FN4O4. The highest BCUT2D eigenvalue weighted by atomic mass is 19.1. The van der Waals surface area contributed by atoms with Gasteiger partial charge in [-0.1, -0.05) is 0 Å². The fourth-order valence-electron chi connectivity index (χ4n) is 4.70. The summed E-state index contributed by atoms with van der Waals surface area (Å²) in [6, 6.07) is 2.79. The van der Waals surface area contributed by atoms with Gasteiger partial charge in [0.15, 0.2) is 0 Å². The summed E-state index contributed by atoms with van der Waals surface area (Å²) in [6.07, 6.45) is 2.90. The number of aromatic nitrogens is 1. The van der Waals surface area contributed by atoms with Gasteiger partial charge in [-0.25, -0.2) is 9.18 Å². The predicted octanol–water partition coefficient (Wildman–Crippen LogP) is 1.21. The van der Waals surface area contributed by atoms with Gasteiger partial charge in [0.25, 0.3) is 0 Å². The molecule has 9 heteroatoms. The van der Waals surface area contributed by atoms with Crippen LogP contribution in [-0.4, -0.2) is 47.5 Å². The standard InChI is InChI=1S/C20H19FN4O4/c21-14-3-10-17(24(9-1-2-9)5-12(19(10)26)20(27)28)11(4-22)18(14)25-6-15(23)13-7-29-8-16(13)25/h3,5,9,13,15-16H,1-2,6-8,23H2,(H,27,28)/t13-,15+,16-/m1/s1. The van der Waals surface area contributed by atoms with Crippen molar-refractivity contribution in [2.45, 2.75) is 31.0 Å². The van der Waals surface area contributed by atoms with E-state index < -0.39 is 22.8 Å². The summed E-state index contributed by atoms with van der Waals surface area (Å²) in [7, 11) is 0. The first-order valence-corrected chi connectivity index (χ1v) is 9.57. The molecule has 0 bridgehead atoms. The Balaban J connectivity index is 1.81. The van der Waals surface area contributed by atoms with Gasteiger partial charge < -0.3 is 25.0 Å². The van der Waals surface area contributed by atoms with E-state index in [0.29, 0.717) is 19.8 Å². The average Bonchev–Trinajstić information content (AvgIpc) is 3.32. The molecule has 2 saturated heterocycles. The van der Waals surface area contributed by atoms with Crippen molar-refractivity contribution in [3.8, 4) is 6.07 Å². The van der Waals surface area contributed by atoms with Crippen molar-refractivity contribution < 1.29 is 19.0 Å². The smallest absolute Gasteiger partial charge is 0.341 e. The maximum atomic E-state index is 15.3. The van der Waals surface area contributed by atoms with Crippen LogP contribution in [0.4, 0.5) is 10.1 Å². The number of carboxylic acids is 1. The van der Waals surface area contributed by atoms with Crippen molar-refractivity contribution in [1.82, 2.24) is 4.57 Å². The van der Waals surface area contributed by atoms with Crippen LogP contribution in [0, 0.1) is 23.1 Å². The van der Waals surface area contributed by atoms with Crippen molar-refractivity contribution in [2.75, 3.05) is 24.7 Å². The lowest BCUT2D eigenvalue weighted by atomic mass is 10.00. The van der Waals surface area contributed by atoms with Crippen LogP contribution in [-0.2, 0) is 4.74 Å². The molecule has 3 atom stereocenters. The number of hydrogen-bond donors (Lipinski definition) is 2. The zero-order valence-corrected chi connectivity index (χ0v) is 15.5. The number of aromatic carboxylic acids is 1. The zero-order chi connectivity index (χ0) is 20.4. The first-order valence-electron chi connectivity index (χ1n) is 9.57. The maximum absolute atomic E-state index is 15.3. The molecule has 3 N–H and O–H groups in total. The fourth-order valence-corrected chi connectivity index (χ4v) is 4.70. The lowest BCUT2D eigenvalue weighted by molar-refractivity contribution is 0.0695. The molecule has 150 valence electrons. The van der Waals surface area contributed by atoms with Crippen LogP contribution in [0.25, 0.3) is 10.9 Å². The molecule has 3 heterocycles. The minimum absolute atomic E-state index is 0.00925. The van der Waals surface area contributed by atoms with Gasteiger partial charge in [0.2, 0.25) is 5.43 Å². The van der Waals surface area contributed by atoms with E-state index in [1.807, 2.05) is 0 Å². The molecular weight excluding hydrogens is 379 g/mol. The number of pyridine rings is 1. The normalized spacial score (nSPS) is 26.0. The van der Waals surface area contributed by atoms with Crippen LogP contribution in [0.3, 0.4) is 0 Å². The van der Waals surface area contributed by atoms with Crippen molar-refractivity contribution in [3.05, 3.63) is 39.4 Å². The number of nitriles is 1. The highest BCUT2D eigenvalue weighted by Crippen LogP contribution is 2.42. The van der Waals surface area contributed by atoms with Gasteiger partial charge in [0.05, 0.1) is 35.8 Å². The molecule has 3 fully saturated rings. The molecule has 0 amide bonds. The topological polar surface area (TPSA) is 122 Å². The highest BCUT2D eigenvalue weighted by Gasteiger charge is 2.45. The number of nitrogens with zero attached hydrogens (tertiary/aromatic N) is 3. The molecule has 2 aromatic rings. The average molecular weight is 398 g/mol. The number of anilines is 1. The molecule has 1 aromatic heterocycles. The van der Waals surface area contributed by atoms with Crippen LogP contribution in [0.15, 0.2) is 17.1 Å². The molecule has 0 spiro atoms. The number of nitrogens with two attached hydrogens (primary N) is 1. The SMILES string of the molecule is N#Cc1c(N2C[C@H](N)[C@H]3COC[C@H]32)c(F)cc2c(=O)c(C(=O)O)cn(C3CC3)c12. The molecule has 3 aliphatic rings. The Kier molecular flexibility index (Phi) is 3.91. The summed E-state index contributed by atoms with van der Waals surface area (Å²) in [4.78, 5) is 26.0. The second kappa shape index (κ2) is 6.27. The lowest BCUT2D eigenvalue weighted by Gasteiger charge is -2.27. The van der Waals surface area contributed by atoms with Gasteiger partial charge >= 0.3 is 5.97 Å². The Bertz CT molecular complexity index is 1150. The maximum Gasteiger partial charge on any atom is 0.341 e. The van der Waals surface area contributed by atoms with Crippen LogP contribution in [0.1, 0.15) is 34.8 Å². The van der Waals surface area contributed by atoms with E-state index in [0.717, 1.165) is 18.9 Å². The largest absolute Gasteiger partial charge is 0.477 e. The minimum Gasteiger partial charge on any atom is -0.477 e. The first-order chi connectivity index (χ1) is 13.9. The van der Waals surface area contributed by atoms with Crippen molar-refractivity contribution in [3.63, 3.8) is 0 Å². The van der Waals surface area contributed by atoms with Crippen LogP contribution in [0.5, 0.6) is 0 Å². The molecule has 1 aromatic carbocycles. The van der Waals surface area contributed by atoms with Crippen LogP contribution >= 0.6 is 0 Å². The minimum atomic E-state index is -1.37. The van der Waals surface area contributed by atoms with Crippen molar-refractivity contribution in [1.29, 1.82) is 5.26 Å². The number of carboxylic acid groups (broad SMARTS) is 1. The predicted molar refractivity (Wildman–Crippen MR) is 102 cm³/mol. The number of hydrogen-bond acceptors (Lipinski definition) is 6. The summed E-state index contributed by atoms with van der Waals surface area (Å²) in [5.41, 5.74) is 5.46. The Morgan fingerprint density at radius 2 is 2.14 bits per heavy atom. The van der Waals surface area contributed by atoms with E-state index in [2.05, 4.69) is 6.07 Å². The van der Waals surface area contributed by atoms with E-state index >= 15 is 4.39 Å². The molecule has 1 saturated carbocycles. The second-order valence-electron chi connectivity index (χ2n) is 7.99. The molecule has 0 unspecified atom stereocenters. The highest BCUT2D eigenvalue weighted by molar-refractivity contribution is 5.96. The Labute approximate surface area is 164 Å². The number of ether oxygens (including phenoxy) is 1. The van der Waals surface area contributed by atoms with Crippen molar-refractivity contribution >= 4 is 22.6 Å². The molecule has 29 heavy (non-hydrogen) atoms. The van der Waals surface area contributed by atoms with E-state index in [-0.39, 0.29) is 46.2 Å². The Morgan fingerprint density at radius 3 is 2.79 bits per heavy atom. The third-order valence-corrected chi connectivity index (χ3v) is 6.26. The van der Waals surface area contributed by atoms with Crippen molar-refractivity contribution in [2.24, 2.45) is 11.7 Å². The summed E-state index contributed by atoms with van der Waals surface area (Å²) in [5.74, 6) is -2.04. The quantitative estimate of drug-likeness (QED) is 0.797. The number of fused-ring (bicyclic) bond motifs is 2. The lowest BCUT2D eigenvalue weighted by Crippen LogP contribution is -2.34. The Hall–Kier alpha value is -2.96. The van der Waals surface area contributed by atoms with Gasteiger partial charge in [-0.3, -0.25) is 4.79 Å². The fraction of sp³-hybridized carbons (Fsp3) is 0.450. The molecule has 2 aliphatic heterocycles.